The van der Waals surface area contributed by atoms with Crippen molar-refractivity contribution < 1.29 is 32.6 Å². The predicted octanol–water partition coefficient (Wildman–Crippen LogP) is 2.02. The molecule has 160 valence electrons. The highest BCUT2D eigenvalue weighted by Crippen LogP contribution is 2.24. The minimum atomic E-state index is -4.29. The zero-order valence-corrected chi connectivity index (χ0v) is 17.4. The number of nitrogens with one attached hydrogen (secondary N) is 3. The number of sulfonamides is 1. The average Bonchev–Trinajstić information content (AvgIpc) is 2.66. The van der Waals surface area contributed by atoms with Crippen molar-refractivity contribution in [3.8, 4) is 5.75 Å². The SMILES string of the molecule is CCOc1cc(NC(C)=O)ccc1C(=O)NNS(=O)(=O)c1ccc(Cl)c(C(=O)O)c1. The first-order chi connectivity index (χ1) is 14.0. The highest BCUT2D eigenvalue weighted by molar-refractivity contribution is 7.89. The van der Waals surface area contributed by atoms with Gasteiger partial charge in [-0.25, -0.2) is 13.2 Å². The predicted molar refractivity (Wildman–Crippen MR) is 108 cm³/mol. The summed E-state index contributed by atoms with van der Waals surface area (Å²) < 4.78 is 30.2. The van der Waals surface area contributed by atoms with Crippen LogP contribution in [0.4, 0.5) is 5.69 Å². The van der Waals surface area contributed by atoms with Crippen molar-refractivity contribution in [3.05, 3.63) is 52.5 Å². The molecule has 0 unspecified atom stereocenters. The first-order valence-electron chi connectivity index (χ1n) is 8.44. The van der Waals surface area contributed by atoms with Crippen LogP contribution in [0.1, 0.15) is 34.6 Å². The Hall–Kier alpha value is -3.15. The molecule has 0 spiro atoms. The molecule has 30 heavy (non-hydrogen) atoms. The van der Waals surface area contributed by atoms with Gasteiger partial charge in [0.15, 0.2) is 0 Å². The molecule has 0 atom stereocenters. The molecule has 10 nitrogen and oxygen atoms in total. The fourth-order valence-electron chi connectivity index (χ4n) is 2.34. The third kappa shape index (κ3) is 5.69. The van der Waals surface area contributed by atoms with Gasteiger partial charge in [-0.1, -0.05) is 11.6 Å². The lowest BCUT2D eigenvalue weighted by Crippen LogP contribution is -2.41. The summed E-state index contributed by atoms with van der Waals surface area (Å²) in [5.74, 6) is -2.42. The van der Waals surface area contributed by atoms with E-state index in [0.29, 0.717) is 5.69 Å². The Balaban J connectivity index is 2.23. The number of hydrogen-bond donors (Lipinski definition) is 4. The van der Waals surface area contributed by atoms with Crippen molar-refractivity contribution in [2.75, 3.05) is 11.9 Å². The van der Waals surface area contributed by atoms with Crippen LogP contribution in [0.3, 0.4) is 0 Å². The van der Waals surface area contributed by atoms with Crippen LogP contribution in [-0.2, 0) is 14.8 Å². The van der Waals surface area contributed by atoms with Gasteiger partial charge in [0, 0.05) is 18.7 Å². The Morgan fingerprint density at radius 1 is 1.10 bits per heavy atom. The summed E-state index contributed by atoms with van der Waals surface area (Å²) >= 11 is 5.73. The summed E-state index contributed by atoms with van der Waals surface area (Å²) in [7, 11) is -4.29. The van der Waals surface area contributed by atoms with Crippen LogP contribution in [0.15, 0.2) is 41.3 Å². The zero-order valence-electron chi connectivity index (χ0n) is 15.9. The van der Waals surface area contributed by atoms with Crippen LogP contribution in [0.2, 0.25) is 5.02 Å². The maximum absolute atomic E-state index is 12.5. The maximum atomic E-state index is 12.5. The highest BCUT2D eigenvalue weighted by Gasteiger charge is 2.21. The average molecular weight is 456 g/mol. The van der Waals surface area contributed by atoms with E-state index in [9.17, 15) is 22.8 Å². The number of carbonyl (C=O) groups is 3. The number of carboxylic acid groups (broad SMARTS) is 1. The Kier molecular flexibility index (Phi) is 7.38. The minimum Gasteiger partial charge on any atom is -0.493 e. The van der Waals surface area contributed by atoms with Crippen LogP contribution in [0.5, 0.6) is 5.75 Å². The van der Waals surface area contributed by atoms with E-state index in [4.69, 9.17) is 21.4 Å². The van der Waals surface area contributed by atoms with Gasteiger partial charge in [0.2, 0.25) is 5.91 Å². The molecule has 0 fully saturated rings. The molecule has 0 aromatic heterocycles. The van der Waals surface area contributed by atoms with Crippen molar-refractivity contribution in [2.24, 2.45) is 0 Å². The lowest BCUT2D eigenvalue weighted by atomic mass is 10.1. The van der Waals surface area contributed by atoms with E-state index < -0.39 is 32.4 Å². The van der Waals surface area contributed by atoms with Crippen molar-refractivity contribution in [2.45, 2.75) is 18.7 Å². The van der Waals surface area contributed by atoms with Gasteiger partial charge < -0.3 is 15.2 Å². The number of anilines is 1. The Labute approximate surface area is 177 Å². The van der Waals surface area contributed by atoms with E-state index in [0.717, 1.165) is 18.2 Å². The number of hydrazine groups is 1. The Bertz CT molecular complexity index is 1100. The van der Waals surface area contributed by atoms with E-state index in [2.05, 4.69) is 5.32 Å². The molecular formula is C18H18ClN3O7S. The van der Waals surface area contributed by atoms with Gasteiger partial charge in [0.1, 0.15) is 5.75 Å². The molecule has 0 bridgehead atoms. The summed E-state index contributed by atoms with van der Waals surface area (Å²) in [6.45, 7) is 3.23. The molecular weight excluding hydrogens is 438 g/mol. The molecule has 12 heteroatoms. The van der Waals surface area contributed by atoms with Gasteiger partial charge in [-0.05, 0) is 37.3 Å². The first kappa shape index (κ1) is 23.1. The maximum Gasteiger partial charge on any atom is 0.337 e. The Morgan fingerprint density at radius 3 is 2.40 bits per heavy atom. The summed E-state index contributed by atoms with van der Waals surface area (Å²) in [6, 6.07) is 7.31. The second-order valence-corrected chi connectivity index (χ2v) is 7.92. The molecule has 4 N–H and O–H groups in total. The standard InChI is InChI=1S/C18H18ClN3O7S/c1-3-29-16-8-11(20-10(2)23)4-6-13(16)17(24)21-22-30(27,28)12-5-7-15(19)14(9-12)18(25)26/h4-9,22H,3H2,1-2H3,(H,20,23)(H,21,24)(H,25,26). The van der Waals surface area contributed by atoms with Gasteiger partial charge in [-0.2, -0.15) is 0 Å². The molecule has 2 amide bonds. The van der Waals surface area contributed by atoms with Crippen LogP contribution < -0.4 is 20.3 Å². The number of rotatable bonds is 8. The van der Waals surface area contributed by atoms with Gasteiger partial charge in [0.05, 0.1) is 27.7 Å². The minimum absolute atomic E-state index is 0.0102. The fourth-order valence-corrected chi connectivity index (χ4v) is 3.40. The summed E-state index contributed by atoms with van der Waals surface area (Å²) in [5, 5.41) is 11.5. The van der Waals surface area contributed by atoms with Crippen LogP contribution in [-0.4, -0.2) is 37.9 Å². The van der Waals surface area contributed by atoms with E-state index >= 15 is 0 Å². The monoisotopic (exact) mass is 455 g/mol. The molecule has 2 aromatic rings. The summed E-state index contributed by atoms with van der Waals surface area (Å²) in [5.41, 5.74) is 2.03. The lowest BCUT2D eigenvalue weighted by molar-refractivity contribution is -0.114. The highest BCUT2D eigenvalue weighted by atomic mass is 35.5. The van der Waals surface area contributed by atoms with E-state index in [1.54, 1.807) is 6.92 Å². The molecule has 0 saturated carbocycles. The number of hydrogen-bond acceptors (Lipinski definition) is 6. The van der Waals surface area contributed by atoms with Crippen molar-refractivity contribution in [1.29, 1.82) is 0 Å². The zero-order chi connectivity index (χ0) is 22.5. The Morgan fingerprint density at radius 2 is 1.80 bits per heavy atom. The van der Waals surface area contributed by atoms with Crippen LogP contribution in [0, 0.1) is 0 Å². The van der Waals surface area contributed by atoms with Crippen LogP contribution >= 0.6 is 11.6 Å². The second kappa shape index (κ2) is 9.57. The number of carboxylic acids is 1. The van der Waals surface area contributed by atoms with Crippen LogP contribution in [0.25, 0.3) is 0 Å². The third-order valence-corrected chi connectivity index (χ3v) is 5.20. The third-order valence-electron chi connectivity index (χ3n) is 3.62. The molecule has 0 aliphatic rings. The number of halogens is 1. The molecule has 2 rings (SSSR count). The van der Waals surface area contributed by atoms with Crippen molar-refractivity contribution in [3.63, 3.8) is 0 Å². The molecule has 0 saturated heterocycles. The molecule has 0 aliphatic carbocycles. The van der Waals surface area contributed by atoms with Crippen molar-refractivity contribution in [1.82, 2.24) is 10.3 Å². The fraction of sp³-hybridized carbons (Fsp3) is 0.167. The molecule has 0 aliphatic heterocycles. The van der Waals surface area contributed by atoms with Gasteiger partial charge >= 0.3 is 5.97 Å². The molecule has 2 aromatic carbocycles. The first-order valence-corrected chi connectivity index (χ1v) is 10.3. The lowest BCUT2D eigenvalue weighted by Gasteiger charge is -2.13. The smallest absolute Gasteiger partial charge is 0.337 e. The number of benzene rings is 2. The van der Waals surface area contributed by atoms with Gasteiger partial charge in [0.25, 0.3) is 15.9 Å². The molecule has 0 radical (unpaired) electrons. The number of amides is 2. The summed E-state index contributed by atoms with van der Waals surface area (Å²) in [6.07, 6.45) is 0. The van der Waals surface area contributed by atoms with E-state index in [-0.39, 0.29) is 28.8 Å². The van der Waals surface area contributed by atoms with Crippen molar-refractivity contribution >= 4 is 45.1 Å². The number of ether oxygens (including phenoxy) is 1. The van der Waals surface area contributed by atoms with Gasteiger partial charge in [-0.15, -0.1) is 4.83 Å². The van der Waals surface area contributed by atoms with E-state index in [1.807, 2.05) is 10.3 Å². The quantitative estimate of drug-likeness (QED) is 0.444. The van der Waals surface area contributed by atoms with Gasteiger partial charge in [-0.3, -0.25) is 15.0 Å². The normalized spacial score (nSPS) is 10.9. The van der Waals surface area contributed by atoms with E-state index in [1.165, 1.54) is 25.1 Å². The number of carbonyl (C=O) groups excluding carboxylic acids is 2. The largest absolute Gasteiger partial charge is 0.493 e. The second-order valence-electron chi connectivity index (χ2n) is 5.83. The summed E-state index contributed by atoms with van der Waals surface area (Å²) in [4.78, 5) is 36.3. The molecule has 0 heterocycles. The number of aromatic carboxylic acids is 1. The topological polar surface area (TPSA) is 151 Å².